The number of nitrogens with one attached hydrogen (secondary N) is 1. The van der Waals surface area contributed by atoms with Gasteiger partial charge >= 0.3 is 0 Å². The minimum atomic E-state index is -0.930. The zero-order valence-corrected chi connectivity index (χ0v) is 15.4. The Hall–Kier alpha value is -0.200. The van der Waals surface area contributed by atoms with Crippen LogP contribution in [0.2, 0.25) is 0 Å². The first kappa shape index (κ1) is 21.8. The number of rotatable bonds is 13. The molecular weight excluding hydrogens is 306 g/mol. The van der Waals surface area contributed by atoms with Gasteiger partial charge in [0, 0.05) is 6.04 Å². The SMILES string of the molecule is CCCCCCCCCCCC(O)C[C@H]1CC(O)[C@@H](O)C(CO)N1. The van der Waals surface area contributed by atoms with Crippen molar-refractivity contribution in [3.05, 3.63) is 0 Å². The maximum atomic E-state index is 10.2. The summed E-state index contributed by atoms with van der Waals surface area (Å²) in [4.78, 5) is 0. The Morgan fingerprint density at radius 1 is 0.958 bits per heavy atom. The van der Waals surface area contributed by atoms with Crippen LogP contribution >= 0.6 is 0 Å². The maximum absolute atomic E-state index is 10.2. The summed E-state index contributed by atoms with van der Waals surface area (Å²) in [6.07, 6.45) is 11.1. The second-order valence-corrected chi connectivity index (χ2v) is 7.45. The number of unbranched alkanes of at least 4 members (excludes halogenated alkanes) is 8. The number of piperidine rings is 1. The molecule has 1 rings (SSSR count). The predicted molar refractivity (Wildman–Crippen MR) is 96.9 cm³/mol. The number of aliphatic hydroxyl groups is 4. The van der Waals surface area contributed by atoms with Crippen molar-refractivity contribution in [1.29, 1.82) is 0 Å². The van der Waals surface area contributed by atoms with Crippen LogP contribution in [-0.4, -0.2) is 57.4 Å². The van der Waals surface area contributed by atoms with E-state index in [2.05, 4.69) is 12.2 Å². The minimum Gasteiger partial charge on any atom is -0.395 e. The highest BCUT2D eigenvalue weighted by molar-refractivity contribution is 4.92. The Morgan fingerprint density at radius 3 is 2.12 bits per heavy atom. The van der Waals surface area contributed by atoms with Crippen molar-refractivity contribution in [2.45, 2.75) is 114 Å². The van der Waals surface area contributed by atoms with Gasteiger partial charge in [-0.25, -0.2) is 0 Å². The highest BCUT2D eigenvalue weighted by atomic mass is 16.3. The normalized spacial score (nSPS) is 28.9. The first-order valence-corrected chi connectivity index (χ1v) is 9.99. The molecule has 0 aromatic heterocycles. The van der Waals surface area contributed by atoms with Crippen LogP contribution in [-0.2, 0) is 0 Å². The van der Waals surface area contributed by atoms with E-state index in [-0.39, 0.29) is 18.8 Å². The largest absolute Gasteiger partial charge is 0.395 e. The number of aliphatic hydroxyl groups excluding tert-OH is 4. The van der Waals surface area contributed by atoms with Crippen LogP contribution < -0.4 is 5.32 Å². The fourth-order valence-electron chi connectivity index (χ4n) is 3.63. The average Bonchev–Trinajstić information content (AvgIpc) is 2.56. The molecule has 0 saturated carbocycles. The third kappa shape index (κ3) is 8.77. The predicted octanol–water partition coefficient (Wildman–Crippen LogP) is 2.10. The third-order valence-electron chi connectivity index (χ3n) is 5.18. The van der Waals surface area contributed by atoms with Gasteiger partial charge in [0.05, 0.1) is 31.0 Å². The lowest BCUT2D eigenvalue weighted by atomic mass is 9.89. The lowest BCUT2D eigenvalue weighted by Crippen LogP contribution is -2.59. The summed E-state index contributed by atoms with van der Waals surface area (Å²) in [7, 11) is 0. The summed E-state index contributed by atoms with van der Waals surface area (Å²) >= 11 is 0. The van der Waals surface area contributed by atoms with Crippen LogP contribution in [0.4, 0.5) is 0 Å². The van der Waals surface area contributed by atoms with E-state index in [9.17, 15) is 20.4 Å². The second kappa shape index (κ2) is 13.1. The molecule has 5 nitrogen and oxygen atoms in total. The summed E-state index contributed by atoms with van der Waals surface area (Å²) in [6.45, 7) is 2.03. The summed E-state index contributed by atoms with van der Waals surface area (Å²) in [5, 5.41) is 42.1. The van der Waals surface area contributed by atoms with Crippen LogP contribution in [0.25, 0.3) is 0 Å². The van der Waals surface area contributed by atoms with Crippen LogP contribution in [0.3, 0.4) is 0 Å². The highest BCUT2D eigenvalue weighted by Crippen LogP contribution is 2.20. The molecule has 0 bridgehead atoms. The van der Waals surface area contributed by atoms with Crippen molar-refractivity contribution < 1.29 is 20.4 Å². The lowest BCUT2D eigenvalue weighted by molar-refractivity contribution is -0.0559. The van der Waals surface area contributed by atoms with Gasteiger partial charge in [-0.2, -0.15) is 0 Å². The van der Waals surface area contributed by atoms with Crippen molar-refractivity contribution in [2.75, 3.05) is 6.61 Å². The third-order valence-corrected chi connectivity index (χ3v) is 5.18. The molecule has 5 atom stereocenters. The molecule has 0 aromatic carbocycles. The van der Waals surface area contributed by atoms with E-state index in [0.717, 1.165) is 12.8 Å². The van der Waals surface area contributed by atoms with Crippen LogP contribution in [0.5, 0.6) is 0 Å². The Kier molecular flexibility index (Phi) is 11.9. The maximum Gasteiger partial charge on any atom is 0.0974 e. The average molecular weight is 346 g/mol. The molecule has 3 unspecified atom stereocenters. The van der Waals surface area contributed by atoms with Gasteiger partial charge in [-0.05, 0) is 19.3 Å². The van der Waals surface area contributed by atoms with E-state index < -0.39 is 18.2 Å². The van der Waals surface area contributed by atoms with Gasteiger partial charge in [-0.1, -0.05) is 64.7 Å². The first-order chi connectivity index (χ1) is 11.6. The summed E-state index contributed by atoms with van der Waals surface area (Å²) in [6, 6.07) is -0.548. The Balaban J connectivity index is 2.04. The Bertz CT molecular complexity index is 303. The van der Waals surface area contributed by atoms with Crippen molar-refractivity contribution in [3.63, 3.8) is 0 Å². The smallest absolute Gasteiger partial charge is 0.0974 e. The zero-order valence-electron chi connectivity index (χ0n) is 15.4. The monoisotopic (exact) mass is 345 g/mol. The summed E-state index contributed by atoms with van der Waals surface area (Å²) < 4.78 is 0. The number of hydrogen-bond acceptors (Lipinski definition) is 5. The molecule has 0 spiro atoms. The van der Waals surface area contributed by atoms with E-state index in [1.54, 1.807) is 0 Å². The molecule has 0 aliphatic carbocycles. The van der Waals surface area contributed by atoms with E-state index in [4.69, 9.17) is 0 Å². The van der Waals surface area contributed by atoms with Gasteiger partial charge in [0.25, 0.3) is 0 Å². The van der Waals surface area contributed by atoms with Gasteiger partial charge in [0.15, 0.2) is 0 Å². The minimum absolute atomic E-state index is 0.0471. The van der Waals surface area contributed by atoms with Gasteiger partial charge in [0.1, 0.15) is 0 Å². The first-order valence-electron chi connectivity index (χ1n) is 9.99. The lowest BCUT2D eigenvalue weighted by Gasteiger charge is -2.38. The quantitative estimate of drug-likeness (QED) is 0.330. The molecule has 5 heteroatoms. The second-order valence-electron chi connectivity index (χ2n) is 7.45. The van der Waals surface area contributed by atoms with Gasteiger partial charge in [-0.3, -0.25) is 0 Å². The molecule has 1 saturated heterocycles. The summed E-state index contributed by atoms with van der Waals surface area (Å²) in [5.74, 6) is 0. The van der Waals surface area contributed by atoms with Crippen molar-refractivity contribution in [3.8, 4) is 0 Å². The summed E-state index contributed by atoms with van der Waals surface area (Å²) in [5.41, 5.74) is 0. The van der Waals surface area contributed by atoms with E-state index in [0.29, 0.717) is 12.8 Å². The highest BCUT2D eigenvalue weighted by Gasteiger charge is 2.35. The fourth-order valence-corrected chi connectivity index (χ4v) is 3.63. The van der Waals surface area contributed by atoms with Crippen LogP contribution in [0.1, 0.15) is 84.0 Å². The molecule has 1 aliphatic heterocycles. The fraction of sp³-hybridized carbons (Fsp3) is 1.00. The van der Waals surface area contributed by atoms with E-state index >= 15 is 0 Å². The Labute approximate surface area is 147 Å². The van der Waals surface area contributed by atoms with Crippen molar-refractivity contribution in [2.24, 2.45) is 0 Å². The molecule has 0 amide bonds. The molecule has 24 heavy (non-hydrogen) atoms. The van der Waals surface area contributed by atoms with E-state index in [1.165, 1.54) is 51.4 Å². The molecule has 0 aromatic rings. The molecule has 144 valence electrons. The Morgan fingerprint density at radius 2 is 1.54 bits per heavy atom. The zero-order chi connectivity index (χ0) is 17.8. The number of hydrogen-bond donors (Lipinski definition) is 5. The molecule has 1 aliphatic rings. The molecule has 1 fully saturated rings. The van der Waals surface area contributed by atoms with Crippen LogP contribution in [0.15, 0.2) is 0 Å². The van der Waals surface area contributed by atoms with Gasteiger partial charge < -0.3 is 25.7 Å². The molecule has 1 heterocycles. The van der Waals surface area contributed by atoms with Gasteiger partial charge in [-0.15, -0.1) is 0 Å². The standard InChI is InChI=1S/C19H39NO4/c1-2-3-4-5-6-7-8-9-10-11-16(22)12-15-13-18(23)19(24)17(14-21)20-15/h15-24H,2-14H2,1H3/t15-,16?,17?,18?,19-/m0/s1. The van der Waals surface area contributed by atoms with Gasteiger partial charge in [0.2, 0.25) is 0 Å². The van der Waals surface area contributed by atoms with Crippen LogP contribution in [0, 0.1) is 0 Å². The molecule has 5 N–H and O–H groups in total. The van der Waals surface area contributed by atoms with Crippen molar-refractivity contribution in [1.82, 2.24) is 5.32 Å². The molecular formula is C19H39NO4. The molecule has 0 radical (unpaired) electrons. The van der Waals surface area contributed by atoms with E-state index in [1.807, 2.05) is 0 Å². The van der Waals surface area contributed by atoms with Crippen molar-refractivity contribution >= 4 is 0 Å². The topological polar surface area (TPSA) is 93.0 Å².